The second-order valence-corrected chi connectivity index (χ2v) is 7.75. The van der Waals surface area contributed by atoms with Gasteiger partial charge in [-0.2, -0.15) is 0 Å². The molecule has 0 aliphatic carbocycles. The zero-order valence-corrected chi connectivity index (χ0v) is 19.0. The zero-order chi connectivity index (χ0) is 24.4. The van der Waals surface area contributed by atoms with E-state index in [9.17, 15) is 18.0 Å². The molecule has 0 fully saturated rings. The molecule has 0 bridgehead atoms. The monoisotopic (exact) mass is 479 g/mol. The van der Waals surface area contributed by atoms with Crippen molar-refractivity contribution >= 4 is 11.0 Å². The Labute approximate surface area is 195 Å². The van der Waals surface area contributed by atoms with Gasteiger partial charge in [0.15, 0.2) is 5.58 Å². The molecule has 34 heavy (non-hydrogen) atoms. The van der Waals surface area contributed by atoms with Gasteiger partial charge in [0.05, 0.1) is 18.4 Å². The minimum Gasteiger partial charge on any atom is -0.478 e. The number of aromatic nitrogens is 1. The average Bonchev–Trinajstić information content (AvgIpc) is 2.79. The Morgan fingerprint density at radius 1 is 0.941 bits per heavy atom. The number of rotatable bonds is 13. The summed E-state index contributed by atoms with van der Waals surface area (Å²) in [7, 11) is 0. The van der Waals surface area contributed by atoms with Crippen molar-refractivity contribution in [1.82, 2.24) is 4.98 Å². The third-order valence-corrected chi connectivity index (χ3v) is 5.13. The normalized spacial score (nSPS) is 11.6. The third kappa shape index (κ3) is 8.06. The lowest BCUT2D eigenvalue weighted by molar-refractivity contribution is -0.274. The van der Waals surface area contributed by atoms with Crippen LogP contribution in [0, 0.1) is 0 Å². The van der Waals surface area contributed by atoms with Crippen LogP contribution in [0.2, 0.25) is 0 Å². The summed E-state index contributed by atoms with van der Waals surface area (Å²) in [6.45, 7) is 4.12. The molecule has 0 unspecified atom stereocenters. The number of ether oxygens (including phenoxy) is 3. The van der Waals surface area contributed by atoms with Crippen LogP contribution >= 0.6 is 0 Å². The van der Waals surface area contributed by atoms with E-state index in [1.165, 1.54) is 31.2 Å². The van der Waals surface area contributed by atoms with Gasteiger partial charge in [0.25, 0.3) is 0 Å². The van der Waals surface area contributed by atoms with Crippen molar-refractivity contribution in [1.29, 1.82) is 0 Å². The topological polar surface area (TPSA) is 70.8 Å². The van der Waals surface area contributed by atoms with Gasteiger partial charge >= 0.3 is 12.0 Å². The smallest absolute Gasteiger partial charge is 0.478 e. The van der Waals surface area contributed by atoms with E-state index < -0.39 is 12.0 Å². The fourth-order valence-electron chi connectivity index (χ4n) is 3.46. The lowest BCUT2D eigenvalue weighted by Gasteiger charge is -2.09. The molecule has 0 saturated carbocycles. The fourth-order valence-corrected chi connectivity index (χ4v) is 3.46. The van der Waals surface area contributed by atoms with Crippen LogP contribution in [0.3, 0.4) is 0 Å². The predicted octanol–water partition coefficient (Wildman–Crippen LogP) is 6.51. The predicted molar refractivity (Wildman–Crippen MR) is 122 cm³/mol. The van der Waals surface area contributed by atoms with Gasteiger partial charge in [-0.1, -0.05) is 37.8 Å². The Morgan fingerprint density at radius 2 is 1.62 bits per heavy atom. The minimum absolute atomic E-state index is 0.215. The van der Waals surface area contributed by atoms with Crippen molar-refractivity contribution in [3.05, 3.63) is 53.0 Å². The average molecular weight is 479 g/mol. The molecule has 3 rings (SSSR count). The van der Waals surface area contributed by atoms with E-state index in [1.54, 1.807) is 12.1 Å². The first-order valence-corrected chi connectivity index (χ1v) is 11.4. The van der Waals surface area contributed by atoms with Gasteiger partial charge in [-0.15, -0.1) is 13.2 Å². The van der Waals surface area contributed by atoms with Crippen molar-refractivity contribution in [3.63, 3.8) is 0 Å². The van der Waals surface area contributed by atoms with Gasteiger partial charge in [0.2, 0.25) is 5.88 Å². The summed E-state index contributed by atoms with van der Waals surface area (Å²) in [5.74, 6) is 0.0461. The van der Waals surface area contributed by atoms with E-state index in [2.05, 4.69) is 9.72 Å². The maximum absolute atomic E-state index is 12.4. The number of nitrogens with zero attached hydrogens (tertiary/aromatic N) is 1. The maximum atomic E-state index is 12.4. The molecule has 0 spiro atoms. The van der Waals surface area contributed by atoms with Gasteiger partial charge in [0, 0.05) is 24.7 Å². The largest absolute Gasteiger partial charge is 0.573 e. The Bertz CT molecular complexity index is 1100. The summed E-state index contributed by atoms with van der Waals surface area (Å²) >= 11 is 0. The van der Waals surface area contributed by atoms with Crippen LogP contribution in [-0.2, 0) is 4.74 Å². The summed E-state index contributed by atoms with van der Waals surface area (Å²) in [5, 5.41) is 0.601. The number of halogens is 3. The van der Waals surface area contributed by atoms with Crippen LogP contribution in [0.15, 0.2) is 51.8 Å². The van der Waals surface area contributed by atoms with E-state index in [4.69, 9.17) is 13.9 Å². The molecule has 184 valence electrons. The number of fused-ring (bicyclic) bond motifs is 1. The van der Waals surface area contributed by atoms with Gasteiger partial charge < -0.3 is 18.6 Å². The number of hydrogen-bond donors (Lipinski definition) is 0. The molecule has 0 N–H and O–H groups in total. The van der Waals surface area contributed by atoms with Crippen molar-refractivity contribution in [3.8, 4) is 22.8 Å². The molecule has 0 atom stereocenters. The van der Waals surface area contributed by atoms with Gasteiger partial charge in [-0.25, -0.2) is 9.78 Å². The van der Waals surface area contributed by atoms with Gasteiger partial charge in [-0.3, -0.25) is 0 Å². The molecule has 2 heterocycles. The van der Waals surface area contributed by atoms with Crippen LogP contribution in [0.1, 0.15) is 45.4 Å². The molecular formula is C25H28F3NO5. The minimum atomic E-state index is -4.78. The third-order valence-electron chi connectivity index (χ3n) is 5.13. The number of unbranched alkanes of at least 4 members (excludes halogenated alkanes) is 5. The molecule has 9 heteroatoms. The van der Waals surface area contributed by atoms with E-state index in [0.29, 0.717) is 29.0 Å². The fraction of sp³-hybridized carbons (Fsp3) is 0.440. The standard InChI is InChI=1S/C25H28F3NO5/c1-2-31-13-7-5-3-4-6-8-14-32-23-16-19-15-21(24(30)33-22(19)17-29-23)18-9-11-20(12-10-18)34-25(26,27)28/h9-12,15-17H,2-8,13-14H2,1H3. The first-order chi connectivity index (χ1) is 16.4. The van der Waals surface area contributed by atoms with Crippen LogP contribution in [0.5, 0.6) is 11.6 Å². The highest BCUT2D eigenvalue weighted by molar-refractivity contribution is 5.81. The van der Waals surface area contributed by atoms with Crippen LogP contribution in [0.25, 0.3) is 22.1 Å². The van der Waals surface area contributed by atoms with Crippen LogP contribution in [0.4, 0.5) is 13.2 Å². The van der Waals surface area contributed by atoms with Gasteiger partial charge in [-0.05, 0) is 43.5 Å². The molecule has 0 aliphatic heterocycles. The first-order valence-electron chi connectivity index (χ1n) is 11.4. The first kappa shape index (κ1) is 25.6. The number of pyridine rings is 1. The summed E-state index contributed by atoms with van der Waals surface area (Å²) in [6.07, 6.45) is 3.19. The summed E-state index contributed by atoms with van der Waals surface area (Å²) in [5.41, 5.74) is 0.303. The second-order valence-electron chi connectivity index (χ2n) is 7.75. The van der Waals surface area contributed by atoms with Gasteiger partial charge in [0.1, 0.15) is 5.75 Å². The van der Waals surface area contributed by atoms with E-state index >= 15 is 0 Å². The molecule has 0 saturated heterocycles. The highest BCUT2D eigenvalue weighted by Gasteiger charge is 2.31. The summed E-state index contributed by atoms with van der Waals surface area (Å²) in [6, 6.07) is 8.32. The van der Waals surface area contributed by atoms with Crippen molar-refractivity contribution < 1.29 is 31.8 Å². The van der Waals surface area contributed by atoms with Crippen LogP contribution in [-0.4, -0.2) is 31.2 Å². The molecule has 2 aromatic heterocycles. The Hall–Kier alpha value is -3.07. The highest BCUT2D eigenvalue weighted by atomic mass is 19.4. The Morgan fingerprint density at radius 3 is 2.29 bits per heavy atom. The van der Waals surface area contributed by atoms with Crippen LogP contribution < -0.4 is 15.1 Å². The van der Waals surface area contributed by atoms with E-state index in [-0.39, 0.29) is 11.3 Å². The second kappa shape index (κ2) is 12.4. The zero-order valence-electron chi connectivity index (χ0n) is 19.0. The number of alkyl halides is 3. The Kier molecular flexibility index (Phi) is 9.33. The van der Waals surface area contributed by atoms with Crippen molar-refractivity contribution in [2.75, 3.05) is 19.8 Å². The van der Waals surface area contributed by atoms with E-state index in [1.807, 2.05) is 6.92 Å². The van der Waals surface area contributed by atoms with E-state index in [0.717, 1.165) is 51.0 Å². The van der Waals surface area contributed by atoms with Crippen molar-refractivity contribution in [2.45, 2.75) is 51.8 Å². The number of benzene rings is 1. The molecule has 0 amide bonds. The molecule has 0 radical (unpaired) electrons. The molecule has 3 aromatic rings. The number of hydrogen-bond acceptors (Lipinski definition) is 6. The SMILES string of the molecule is CCOCCCCCCCCOc1cc2cc(-c3ccc(OC(F)(F)F)cc3)c(=O)oc2cn1. The lowest BCUT2D eigenvalue weighted by Crippen LogP contribution is -2.17. The molecule has 6 nitrogen and oxygen atoms in total. The molecule has 1 aromatic carbocycles. The Balaban J connectivity index is 1.56. The van der Waals surface area contributed by atoms with Crippen molar-refractivity contribution in [2.24, 2.45) is 0 Å². The maximum Gasteiger partial charge on any atom is 0.573 e. The summed E-state index contributed by atoms with van der Waals surface area (Å²) < 4.78 is 57.3. The molecule has 0 aliphatic rings. The highest BCUT2D eigenvalue weighted by Crippen LogP contribution is 2.27. The molecular weight excluding hydrogens is 451 g/mol. The summed E-state index contributed by atoms with van der Waals surface area (Å²) in [4.78, 5) is 16.5. The lowest BCUT2D eigenvalue weighted by atomic mass is 10.1. The quantitative estimate of drug-likeness (QED) is 0.260.